The number of hydrogen-bond donors (Lipinski definition) is 1. The van der Waals surface area contributed by atoms with Crippen LogP contribution in [0.5, 0.6) is 11.5 Å². The lowest BCUT2D eigenvalue weighted by Gasteiger charge is -2.35. The fourth-order valence-corrected chi connectivity index (χ4v) is 2.57. The van der Waals surface area contributed by atoms with Crippen LogP contribution in [0.3, 0.4) is 0 Å². The quantitative estimate of drug-likeness (QED) is 0.837. The number of nitrogens with one attached hydrogen (secondary N) is 1. The SMILES string of the molecule is CNCC(=O)N1CCN(C(=O)c2ccc(OC)cc2OC)CC1.Cl. The van der Waals surface area contributed by atoms with Gasteiger partial charge in [-0.2, -0.15) is 0 Å². The minimum absolute atomic E-state index is 0. The minimum atomic E-state index is -0.0924. The average molecular weight is 358 g/mol. The van der Waals surface area contributed by atoms with Gasteiger partial charge in [0.05, 0.1) is 26.3 Å². The van der Waals surface area contributed by atoms with Crippen LogP contribution >= 0.6 is 12.4 Å². The van der Waals surface area contributed by atoms with Crippen molar-refractivity contribution in [2.75, 3.05) is 54.0 Å². The van der Waals surface area contributed by atoms with Crippen molar-refractivity contribution in [3.8, 4) is 11.5 Å². The van der Waals surface area contributed by atoms with Crippen molar-refractivity contribution >= 4 is 24.2 Å². The zero-order chi connectivity index (χ0) is 16.8. The molecule has 1 N–H and O–H groups in total. The molecule has 0 aromatic heterocycles. The number of nitrogens with zero attached hydrogens (tertiary/aromatic N) is 2. The summed E-state index contributed by atoms with van der Waals surface area (Å²) in [6.45, 7) is 2.45. The molecular weight excluding hydrogens is 334 g/mol. The second-order valence-corrected chi connectivity index (χ2v) is 5.27. The van der Waals surface area contributed by atoms with Crippen molar-refractivity contribution in [1.29, 1.82) is 0 Å². The van der Waals surface area contributed by atoms with Crippen LogP contribution in [0.15, 0.2) is 18.2 Å². The van der Waals surface area contributed by atoms with Crippen LogP contribution in [-0.4, -0.2) is 75.6 Å². The molecule has 1 fully saturated rings. The van der Waals surface area contributed by atoms with E-state index in [0.29, 0.717) is 49.8 Å². The van der Waals surface area contributed by atoms with Gasteiger partial charge >= 0.3 is 0 Å². The number of benzene rings is 1. The maximum Gasteiger partial charge on any atom is 0.257 e. The summed E-state index contributed by atoms with van der Waals surface area (Å²) in [6, 6.07) is 5.14. The Balaban J connectivity index is 0.00000288. The van der Waals surface area contributed by atoms with E-state index in [2.05, 4.69) is 5.32 Å². The third-order valence-electron chi connectivity index (χ3n) is 3.89. The number of hydrogen-bond acceptors (Lipinski definition) is 5. The molecule has 0 atom stereocenters. The van der Waals surface area contributed by atoms with Crippen LogP contribution < -0.4 is 14.8 Å². The summed E-state index contributed by atoms with van der Waals surface area (Å²) in [4.78, 5) is 28.0. The molecule has 7 nitrogen and oxygen atoms in total. The Morgan fingerprint density at radius 1 is 1.08 bits per heavy atom. The minimum Gasteiger partial charge on any atom is -0.497 e. The molecule has 2 amide bonds. The highest BCUT2D eigenvalue weighted by Crippen LogP contribution is 2.26. The summed E-state index contributed by atoms with van der Waals surface area (Å²) < 4.78 is 10.4. The van der Waals surface area contributed by atoms with E-state index >= 15 is 0 Å². The van der Waals surface area contributed by atoms with Gasteiger partial charge in [-0.15, -0.1) is 12.4 Å². The zero-order valence-corrected chi connectivity index (χ0v) is 15.0. The fourth-order valence-electron chi connectivity index (χ4n) is 2.57. The Bertz CT molecular complexity index is 574. The number of amides is 2. The Morgan fingerprint density at radius 2 is 1.71 bits per heavy atom. The second-order valence-electron chi connectivity index (χ2n) is 5.27. The topological polar surface area (TPSA) is 71.1 Å². The standard InChI is InChI=1S/C16H23N3O4.ClH/c1-17-11-15(20)18-6-8-19(9-7-18)16(21)13-5-4-12(22-2)10-14(13)23-3;/h4-5,10,17H,6-9,11H2,1-3H3;1H. The van der Waals surface area contributed by atoms with E-state index in [1.165, 1.54) is 7.11 Å². The predicted molar refractivity (Wildman–Crippen MR) is 93.2 cm³/mol. The summed E-state index contributed by atoms with van der Waals surface area (Å²) in [6.07, 6.45) is 0. The molecule has 1 aromatic carbocycles. The first-order valence-electron chi connectivity index (χ1n) is 7.54. The van der Waals surface area contributed by atoms with Crippen LogP contribution in [-0.2, 0) is 4.79 Å². The number of methoxy groups -OCH3 is 2. The highest BCUT2D eigenvalue weighted by Gasteiger charge is 2.26. The Hall–Kier alpha value is -1.99. The van der Waals surface area contributed by atoms with Crippen LogP contribution in [0.2, 0.25) is 0 Å². The first-order valence-corrected chi connectivity index (χ1v) is 7.54. The number of carbonyl (C=O) groups is 2. The normalized spacial score (nSPS) is 14.0. The highest BCUT2D eigenvalue weighted by molar-refractivity contribution is 5.97. The Labute approximate surface area is 148 Å². The molecule has 0 saturated carbocycles. The van der Waals surface area contributed by atoms with Gasteiger partial charge in [0.1, 0.15) is 11.5 Å². The maximum absolute atomic E-state index is 12.7. The zero-order valence-electron chi connectivity index (χ0n) is 14.2. The molecule has 24 heavy (non-hydrogen) atoms. The number of piperazine rings is 1. The van der Waals surface area contributed by atoms with E-state index in [4.69, 9.17) is 9.47 Å². The fraction of sp³-hybridized carbons (Fsp3) is 0.500. The van der Waals surface area contributed by atoms with Gasteiger partial charge < -0.3 is 24.6 Å². The van der Waals surface area contributed by atoms with Crippen molar-refractivity contribution in [2.45, 2.75) is 0 Å². The predicted octanol–water partition coefficient (Wildman–Crippen LogP) is 0.629. The molecule has 1 aromatic rings. The van der Waals surface area contributed by atoms with Gasteiger partial charge in [0.2, 0.25) is 5.91 Å². The van der Waals surface area contributed by atoms with Gasteiger partial charge in [-0.25, -0.2) is 0 Å². The molecule has 1 aliphatic rings. The molecule has 0 bridgehead atoms. The smallest absolute Gasteiger partial charge is 0.257 e. The van der Waals surface area contributed by atoms with Crippen molar-refractivity contribution in [3.63, 3.8) is 0 Å². The monoisotopic (exact) mass is 357 g/mol. The second kappa shape index (κ2) is 9.34. The number of likely N-dealkylation sites (N-methyl/N-ethyl adjacent to an activating group) is 1. The molecular formula is C16H24ClN3O4. The lowest BCUT2D eigenvalue weighted by molar-refractivity contribution is -0.131. The molecule has 0 radical (unpaired) electrons. The van der Waals surface area contributed by atoms with Gasteiger partial charge in [-0.05, 0) is 19.2 Å². The van der Waals surface area contributed by atoms with E-state index < -0.39 is 0 Å². The van der Waals surface area contributed by atoms with Crippen molar-refractivity contribution < 1.29 is 19.1 Å². The summed E-state index contributed by atoms with van der Waals surface area (Å²) in [5.41, 5.74) is 0.503. The number of carbonyl (C=O) groups excluding carboxylic acids is 2. The van der Waals surface area contributed by atoms with Crippen LogP contribution in [0.25, 0.3) is 0 Å². The lowest BCUT2D eigenvalue weighted by atomic mass is 10.1. The van der Waals surface area contributed by atoms with Crippen molar-refractivity contribution in [3.05, 3.63) is 23.8 Å². The van der Waals surface area contributed by atoms with E-state index in [1.807, 2.05) is 0 Å². The average Bonchev–Trinajstić information content (AvgIpc) is 2.60. The van der Waals surface area contributed by atoms with Crippen molar-refractivity contribution in [1.82, 2.24) is 15.1 Å². The first-order chi connectivity index (χ1) is 11.1. The van der Waals surface area contributed by atoms with E-state index in [1.54, 1.807) is 42.2 Å². The lowest BCUT2D eigenvalue weighted by Crippen LogP contribution is -2.52. The molecule has 0 spiro atoms. The summed E-state index contributed by atoms with van der Waals surface area (Å²) in [5.74, 6) is 1.09. The Kier molecular flexibility index (Phi) is 7.81. The van der Waals surface area contributed by atoms with E-state index in [0.717, 1.165) is 0 Å². The maximum atomic E-state index is 12.7. The number of ether oxygens (including phenoxy) is 2. The number of halogens is 1. The molecule has 1 heterocycles. The van der Waals surface area contributed by atoms with Gasteiger partial charge in [-0.1, -0.05) is 0 Å². The highest BCUT2D eigenvalue weighted by atomic mass is 35.5. The van der Waals surface area contributed by atoms with E-state index in [9.17, 15) is 9.59 Å². The summed E-state index contributed by atoms with van der Waals surface area (Å²) in [7, 11) is 4.84. The van der Waals surface area contributed by atoms with Gasteiger partial charge in [-0.3, -0.25) is 9.59 Å². The molecule has 2 rings (SSSR count). The molecule has 134 valence electrons. The van der Waals surface area contributed by atoms with E-state index in [-0.39, 0.29) is 24.2 Å². The van der Waals surface area contributed by atoms with Crippen molar-refractivity contribution in [2.24, 2.45) is 0 Å². The third kappa shape index (κ3) is 4.52. The van der Waals surface area contributed by atoms with Gasteiger partial charge in [0.25, 0.3) is 5.91 Å². The van der Waals surface area contributed by atoms with Crippen LogP contribution in [0.4, 0.5) is 0 Å². The largest absolute Gasteiger partial charge is 0.497 e. The number of rotatable bonds is 5. The summed E-state index contributed by atoms with van der Waals surface area (Å²) >= 11 is 0. The molecule has 8 heteroatoms. The molecule has 0 aliphatic carbocycles. The molecule has 1 saturated heterocycles. The first kappa shape index (κ1) is 20.1. The summed E-state index contributed by atoms with van der Waals surface area (Å²) in [5, 5.41) is 2.85. The van der Waals surface area contributed by atoms with Gasteiger partial charge in [0, 0.05) is 32.2 Å². The van der Waals surface area contributed by atoms with Crippen LogP contribution in [0.1, 0.15) is 10.4 Å². The Morgan fingerprint density at radius 3 is 2.25 bits per heavy atom. The van der Waals surface area contributed by atoms with Gasteiger partial charge in [0.15, 0.2) is 0 Å². The molecule has 1 aliphatic heterocycles. The molecule has 0 unspecified atom stereocenters. The van der Waals surface area contributed by atoms with Crippen LogP contribution in [0, 0.1) is 0 Å². The third-order valence-corrected chi connectivity index (χ3v) is 3.89.